The van der Waals surface area contributed by atoms with Crippen molar-refractivity contribution in [3.63, 3.8) is 0 Å². The quantitative estimate of drug-likeness (QED) is 0.806. The number of aromatic nitrogens is 1. The topological polar surface area (TPSA) is 47.3 Å². The predicted octanol–water partition coefficient (Wildman–Crippen LogP) is 1.89. The molecule has 1 N–H and O–H groups in total. The monoisotopic (exact) mass is 210 g/mol. The highest BCUT2D eigenvalue weighted by molar-refractivity contribution is 4.98. The first-order chi connectivity index (χ1) is 7.26. The van der Waals surface area contributed by atoms with Crippen LogP contribution in [0.4, 0.5) is 0 Å². The zero-order valence-electron chi connectivity index (χ0n) is 9.32. The molecular weight excluding hydrogens is 192 g/mol. The Morgan fingerprint density at radius 3 is 2.93 bits per heavy atom. The van der Waals surface area contributed by atoms with E-state index in [1.807, 2.05) is 0 Å². The minimum atomic E-state index is 0.0638. The second-order valence-corrected chi connectivity index (χ2v) is 4.25. The number of rotatable bonds is 5. The van der Waals surface area contributed by atoms with E-state index in [0.29, 0.717) is 0 Å². The molecule has 0 amide bonds. The van der Waals surface area contributed by atoms with Gasteiger partial charge in [0, 0.05) is 13.7 Å². The smallest absolute Gasteiger partial charge is 0.180 e. The largest absolute Gasteiger partial charge is 0.447 e. The molecule has 0 aromatic carbocycles. The van der Waals surface area contributed by atoms with Crippen molar-refractivity contribution in [2.24, 2.45) is 0 Å². The Morgan fingerprint density at radius 1 is 1.67 bits per heavy atom. The lowest BCUT2D eigenvalue weighted by atomic mass is 9.80. The van der Waals surface area contributed by atoms with Crippen molar-refractivity contribution in [3.05, 3.63) is 18.4 Å². The van der Waals surface area contributed by atoms with Crippen LogP contribution >= 0.6 is 0 Å². The van der Waals surface area contributed by atoms with Crippen LogP contribution in [0.3, 0.4) is 0 Å². The summed E-state index contributed by atoms with van der Waals surface area (Å²) in [6.07, 6.45) is 6.78. The second-order valence-electron chi connectivity index (χ2n) is 4.25. The molecule has 1 atom stereocenters. The lowest BCUT2D eigenvalue weighted by molar-refractivity contribution is -0.0709. The maximum Gasteiger partial charge on any atom is 0.180 e. The average molecular weight is 210 g/mol. The number of nitrogens with zero attached hydrogens (tertiary/aromatic N) is 1. The van der Waals surface area contributed by atoms with E-state index in [4.69, 9.17) is 9.15 Å². The van der Waals surface area contributed by atoms with Gasteiger partial charge < -0.3 is 14.5 Å². The molecule has 4 heteroatoms. The zero-order valence-corrected chi connectivity index (χ0v) is 9.32. The molecule has 0 saturated heterocycles. The van der Waals surface area contributed by atoms with E-state index < -0.39 is 0 Å². The molecular formula is C11H18N2O2. The molecule has 1 heterocycles. The van der Waals surface area contributed by atoms with Gasteiger partial charge in [-0.25, -0.2) is 4.98 Å². The molecule has 1 aliphatic rings. The van der Waals surface area contributed by atoms with Crippen molar-refractivity contribution in [1.82, 2.24) is 10.3 Å². The van der Waals surface area contributed by atoms with Gasteiger partial charge >= 0.3 is 0 Å². The number of methoxy groups -OCH3 is 1. The number of oxazole rings is 1. The SMILES string of the molecule is COC1(CNC(C)c2cnco2)CCC1. The molecule has 0 spiro atoms. The average Bonchev–Trinajstić information content (AvgIpc) is 2.69. The second kappa shape index (κ2) is 4.33. The third-order valence-corrected chi connectivity index (χ3v) is 3.31. The molecule has 1 unspecified atom stereocenters. The lowest BCUT2D eigenvalue weighted by Gasteiger charge is -2.41. The molecule has 1 fully saturated rings. The van der Waals surface area contributed by atoms with Crippen LogP contribution < -0.4 is 5.32 Å². The van der Waals surface area contributed by atoms with Gasteiger partial charge in [-0.15, -0.1) is 0 Å². The summed E-state index contributed by atoms with van der Waals surface area (Å²) in [7, 11) is 1.79. The predicted molar refractivity (Wildman–Crippen MR) is 56.5 cm³/mol. The van der Waals surface area contributed by atoms with E-state index in [-0.39, 0.29) is 11.6 Å². The van der Waals surface area contributed by atoms with Crippen LogP contribution in [-0.2, 0) is 4.74 Å². The summed E-state index contributed by atoms with van der Waals surface area (Å²) in [6.45, 7) is 2.95. The molecule has 1 aromatic heterocycles. The highest BCUT2D eigenvalue weighted by Crippen LogP contribution is 2.34. The number of nitrogens with one attached hydrogen (secondary N) is 1. The molecule has 2 rings (SSSR count). The van der Waals surface area contributed by atoms with Gasteiger partial charge in [0.25, 0.3) is 0 Å². The normalized spacial score (nSPS) is 20.9. The Kier molecular flexibility index (Phi) is 3.07. The molecule has 84 valence electrons. The number of hydrogen-bond donors (Lipinski definition) is 1. The van der Waals surface area contributed by atoms with Crippen LogP contribution in [0.2, 0.25) is 0 Å². The molecule has 1 aromatic rings. The van der Waals surface area contributed by atoms with Gasteiger partial charge in [-0.2, -0.15) is 0 Å². The maximum absolute atomic E-state index is 5.53. The summed E-state index contributed by atoms with van der Waals surface area (Å²) >= 11 is 0. The molecule has 0 bridgehead atoms. The Morgan fingerprint density at radius 2 is 2.47 bits per heavy atom. The third-order valence-electron chi connectivity index (χ3n) is 3.31. The van der Waals surface area contributed by atoms with Crippen LogP contribution in [0.1, 0.15) is 38.0 Å². The van der Waals surface area contributed by atoms with E-state index in [1.54, 1.807) is 13.3 Å². The fraction of sp³-hybridized carbons (Fsp3) is 0.727. The van der Waals surface area contributed by atoms with Gasteiger partial charge in [0.1, 0.15) is 5.76 Å². The van der Waals surface area contributed by atoms with Crippen LogP contribution in [-0.4, -0.2) is 24.2 Å². The lowest BCUT2D eigenvalue weighted by Crippen LogP contribution is -2.48. The van der Waals surface area contributed by atoms with Crippen LogP contribution in [0.25, 0.3) is 0 Å². The first-order valence-corrected chi connectivity index (χ1v) is 5.43. The summed E-state index contributed by atoms with van der Waals surface area (Å²) in [5.41, 5.74) is 0.0638. The Bertz CT molecular complexity index is 288. The molecule has 0 radical (unpaired) electrons. The fourth-order valence-electron chi connectivity index (χ4n) is 1.90. The summed E-state index contributed by atoms with van der Waals surface area (Å²) in [5, 5.41) is 3.42. The standard InChI is InChI=1S/C11H18N2O2/c1-9(10-6-12-8-15-10)13-7-11(14-2)4-3-5-11/h6,8-9,13H,3-5,7H2,1-2H3. The van der Waals surface area contributed by atoms with E-state index in [1.165, 1.54) is 12.8 Å². The van der Waals surface area contributed by atoms with Crippen molar-refractivity contribution in [3.8, 4) is 0 Å². The van der Waals surface area contributed by atoms with Gasteiger partial charge in [-0.1, -0.05) is 0 Å². The first kappa shape index (κ1) is 10.6. The number of ether oxygens (including phenoxy) is 1. The van der Waals surface area contributed by atoms with Crippen LogP contribution in [0.15, 0.2) is 17.0 Å². The minimum Gasteiger partial charge on any atom is -0.447 e. The molecule has 15 heavy (non-hydrogen) atoms. The molecule has 0 aliphatic heterocycles. The van der Waals surface area contributed by atoms with Crippen LogP contribution in [0.5, 0.6) is 0 Å². The zero-order chi connectivity index (χ0) is 10.7. The van der Waals surface area contributed by atoms with E-state index in [0.717, 1.165) is 25.1 Å². The minimum absolute atomic E-state index is 0.0638. The van der Waals surface area contributed by atoms with Crippen molar-refractivity contribution in [2.45, 2.75) is 37.8 Å². The van der Waals surface area contributed by atoms with Gasteiger partial charge in [0.2, 0.25) is 0 Å². The van der Waals surface area contributed by atoms with Crippen molar-refractivity contribution in [2.75, 3.05) is 13.7 Å². The first-order valence-electron chi connectivity index (χ1n) is 5.43. The summed E-state index contributed by atoms with van der Waals surface area (Å²) < 4.78 is 10.8. The molecule has 1 saturated carbocycles. The Labute approximate surface area is 90.0 Å². The van der Waals surface area contributed by atoms with E-state index in [9.17, 15) is 0 Å². The van der Waals surface area contributed by atoms with Gasteiger partial charge in [-0.3, -0.25) is 0 Å². The molecule has 1 aliphatic carbocycles. The maximum atomic E-state index is 5.53. The highest BCUT2D eigenvalue weighted by atomic mass is 16.5. The molecule has 4 nitrogen and oxygen atoms in total. The van der Waals surface area contributed by atoms with Gasteiger partial charge in [0.15, 0.2) is 6.39 Å². The van der Waals surface area contributed by atoms with Crippen molar-refractivity contribution < 1.29 is 9.15 Å². The highest BCUT2D eigenvalue weighted by Gasteiger charge is 2.36. The van der Waals surface area contributed by atoms with Crippen molar-refractivity contribution in [1.29, 1.82) is 0 Å². The third kappa shape index (κ3) is 2.21. The van der Waals surface area contributed by atoms with Crippen molar-refractivity contribution >= 4 is 0 Å². The fourth-order valence-corrected chi connectivity index (χ4v) is 1.90. The summed E-state index contributed by atoms with van der Waals surface area (Å²) in [5.74, 6) is 0.876. The summed E-state index contributed by atoms with van der Waals surface area (Å²) in [4.78, 5) is 3.90. The van der Waals surface area contributed by atoms with Crippen LogP contribution in [0, 0.1) is 0 Å². The van der Waals surface area contributed by atoms with Gasteiger partial charge in [0.05, 0.1) is 17.8 Å². The summed E-state index contributed by atoms with van der Waals surface area (Å²) in [6, 6.07) is 0.195. The van der Waals surface area contributed by atoms with Gasteiger partial charge in [-0.05, 0) is 26.2 Å². The Hall–Kier alpha value is -0.870. The van der Waals surface area contributed by atoms with E-state index >= 15 is 0 Å². The van der Waals surface area contributed by atoms with E-state index in [2.05, 4.69) is 17.2 Å². The number of hydrogen-bond acceptors (Lipinski definition) is 4. The Balaban J connectivity index is 1.82.